The highest BCUT2D eigenvalue weighted by Crippen LogP contribution is 2.23. The summed E-state index contributed by atoms with van der Waals surface area (Å²) in [7, 11) is 0. The first-order valence-electron chi connectivity index (χ1n) is 7.07. The number of amides is 1. The van der Waals surface area contributed by atoms with Crippen LogP contribution < -0.4 is 5.32 Å². The number of hydrogen-bond acceptors (Lipinski definition) is 8. The van der Waals surface area contributed by atoms with Crippen molar-refractivity contribution in [2.45, 2.75) is 52.0 Å². The van der Waals surface area contributed by atoms with Gasteiger partial charge in [0.25, 0.3) is 0 Å². The van der Waals surface area contributed by atoms with Gasteiger partial charge in [0.15, 0.2) is 12.2 Å². The minimum atomic E-state index is -1.01. The van der Waals surface area contributed by atoms with Gasteiger partial charge in [-0.15, -0.1) is 0 Å². The third-order valence-electron chi connectivity index (χ3n) is 3.02. The molecule has 0 bridgehead atoms. The zero-order valence-electron chi connectivity index (χ0n) is 13.5. The molecule has 130 valence electrons. The van der Waals surface area contributed by atoms with Crippen LogP contribution >= 0.6 is 0 Å². The summed E-state index contributed by atoms with van der Waals surface area (Å²) in [5, 5.41) is 2.59. The van der Waals surface area contributed by atoms with Gasteiger partial charge in [-0.2, -0.15) is 0 Å². The highest BCUT2D eigenvalue weighted by molar-refractivity contribution is 5.73. The van der Waals surface area contributed by atoms with Crippen LogP contribution in [0, 0.1) is 0 Å². The van der Waals surface area contributed by atoms with Crippen LogP contribution in [0.2, 0.25) is 0 Å². The van der Waals surface area contributed by atoms with E-state index in [0.717, 1.165) is 0 Å². The van der Waals surface area contributed by atoms with Gasteiger partial charge in [0, 0.05) is 27.7 Å². The Labute approximate surface area is 133 Å². The van der Waals surface area contributed by atoms with E-state index in [1.807, 2.05) is 0 Å². The molecule has 0 radical (unpaired) electrons. The summed E-state index contributed by atoms with van der Waals surface area (Å²) in [6.07, 6.45) is -2.77. The minimum absolute atomic E-state index is 0.0151. The van der Waals surface area contributed by atoms with Gasteiger partial charge in [-0.05, 0) is 0 Å². The lowest BCUT2D eigenvalue weighted by atomic mass is 9.97. The lowest BCUT2D eigenvalue weighted by Crippen LogP contribution is -2.62. The number of hydrogen-bond donors (Lipinski definition) is 1. The average Bonchev–Trinajstić information content (AvgIpc) is 2.39. The van der Waals surface area contributed by atoms with E-state index >= 15 is 0 Å². The molecule has 1 N–H and O–H groups in total. The Balaban J connectivity index is 2.98. The Bertz CT molecular complexity index is 477. The molecule has 23 heavy (non-hydrogen) atoms. The molecule has 0 spiro atoms. The van der Waals surface area contributed by atoms with E-state index in [2.05, 4.69) is 5.32 Å². The molecule has 0 aromatic heterocycles. The Morgan fingerprint density at radius 1 is 0.957 bits per heavy atom. The van der Waals surface area contributed by atoms with Gasteiger partial charge in [0.05, 0.1) is 12.6 Å². The van der Waals surface area contributed by atoms with Crippen LogP contribution in [0.3, 0.4) is 0 Å². The van der Waals surface area contributed by atoms with Crippen LogP contribution in [0.25, 0.3) is 0 Å². The van der Waals surface area contributed by atoms with E-state index in [1.165, 1.54) is 27.7 Å². The topological polar surface area (TPSA) is 117 Å². The van der Waals surface area contributed by atoms with E-state index in [-0.39, 0.29) is 19.1 Å². The normalized spacial score (nSPS) is 26.8. The third-order valence-corrected chi connectivity index (χ3v) is 3.02. The number of ether oxygens (including phenoxy) is 4. The van der Waals surface area contributed by atoms with Gasteiger partial charge in [-0.3, -0.25) is 19.2 Å². The fourth-order valence-corrected chi connectivity index (χ4v) is 2.26. The SMILES string of the molecule is CC(=O)N[C@H]1CO[C@H](COC(C)=O)C(OC(C)=O)[C@@H]1OC(C)=O. The Kier molecular flexibility index (Phi) is 6.95. The molecular weight excluding hydrogens is 310 g/mol. The summed E-state index contributed by atoms with van der Waals surface area (Å²) in [5.41, 5.74) is 0. The van der Waals surface area contributed by atoms with E-state index in [0.29, 0.717) is 0 Å². The molecule has 0 aromatic carbocycles. The summed E-state index contributed by atoms with van der Waals surface area (Å²) in [6, 6.07) is -0.686. The van der Waals surface area contributed by atoms with Gasteiger partial charge in [0.2, 0.25) is 5.91 Å². The van der Waals surface area contributed by atoms with Crippen LogP contribution in [0.15, 0.2) is 0 Å². The first kappa shape index (κ1) is 18.9. The van der Waals surface area contributed by atoms with E-state index in [9.17, 15) is 19.2 Å². The second-order valence-corrected chi connectivity index (χ2v) is 5.13. The molecule has 9 heteroatoms. The van der Waals surface area contributed by atoms with Gasteiger partial charge in [-0.1, -0.05) is 0 Å². The van der Waals surface area contributed by atoms with Crippen LogP contribution in [-0.2, 0) is 38.1 Å². The number of esters is 3. The fourth-order valence-electron chi connectivity index (χ4n) is 2.26. The highest BCUT2D eigenvalue weighted by atomic mass is 16.6. The summed E-state index contributed by atoms with van der Waals surface area (Å²) < 4.78 is 20.8. The van der Waals surface area contributed by atoms with Gasteiger partial charge >= 0.3 is 17.9 Å². The molecule has 1 amide bonds. The van der Waals surface area contributed by atoms with Crippen molar-refractivity contribution in [2.75, 3.05) is 13.2 Å². The Hall–Kier alpha value is -2.16. The van der Waals surface area contributed by atoms with E-state index in [4.69, 9.17) is 18.9 Å². The van der Waals surface area contributed by atoms with Crippen LogP contribution in [0.5, 0.6) is 0 Å². The number of rotatable bonds is 5. The van der Waals surface area contributed by atoms with Crippen molar-refractivity contribution in [3.63, 3.8) is 0 Å². The highest BCUT2D eigenvalue weighted by Gasteiger charge is 2.45. The van der Waals surface area contributed by atoms with Crippen molar-refractivity contribution in [3.05, 3.63) is 0 Å². The van der Waals surface area contributed by atoms with Gasteiger partial charge < -0.3 is 24.3 Å². The average molecular weight is 331 g/mol. The predicted molar refractivity (Wildman–Crippen MR) is 75.1 cm³/mol. The largest absolute Gasteiger partial charge is 0.463 e. The first-order chi connectivity index (χ1) is 10.7. The molecule has 1 heterocycles. The molecule has 0 aliphatic carbocycles. The first-order valence-corrected chi connectivity index (χ1v) is 7.07. The quantitative estimate of drug-likeness (QED) is 0.520. The molecule has 1 fully saturated rings. The van der Waals surface area contributed by atoms with E-state index in [1.54, 1.807) is 0 Å². The molecule has 0 aromatic rings. The second kappa shape index (κ2) is 8.47. The van der Waals surface area contributed by atoms with Crippen molar-refractivity contribution < 1.29 is 38.1 Å². The zero-order chi connectivity index (χ0) is 17.6. The molecule has 1 rings (SSSR count). The van der Waals surface area contributed by atoms with Crippen LogP contribution in [0.4, 0.5) is 0 Å². The van der Waals surface area contributed by atoms with Gasteiger partial charge in [-0.25, -0.2) is 0 Å². The number of carbonyl (C=O) groups is 4. The van der Waals surface area contributed by atoms with E-state index < -0.39 is 42.3 Å². The van der Waals surface area contributed by atoms with Gasteiger partial charge in [0.1, 0.15) is 12.7 Å². The molecule has 4 atom stereocenters. The van der Waals surface area contributed by atoms with Crippen molar-refractivity contribution in [2.24, 2.45) is 0 Å². The van der Waals surface area contributed by atoms with Crippen LogP contribution in [-0.4, -0.2) is 61.4 Å². The molecule has 1 saturated heterocycles. The molecule has 1 unspecified atom stereocenters. The maximum absolute atomic E-state index is 11.3. The third kappa shape index (κ3) is 6.23. The number of carbonyl (C=O) groups excluding carboxylic acids is 4. The minimum Gasteiger partial charge on any atom is -0.463 e. The van der Waals surface area contributed by atoms with Crippen molar-refractivity contribution in [3.8, 4) is 0 Å². The monoisotopic (exact) mass is 331 g/mol. The maximum Gasteiger partial charge on any atom is 0.303 e. The predicted octanol–water partition coefficient (Wildman–Crippen LogP) is -0.684. The Morgan fingerprint density at radius 3 is 2.00 bits per heavy atom. The number of nitrogens with one attached hydrogen (secondary N) is 1. The summed E-state index contributed by atoms with van der Waals surface area (Å²) in [5.74, 6) is -2.10. The summed E-state index contributed by atoms with van der Waals surface area (Å²) in [6.45, 7) is 4.77. The second-order valence-electron chi connectivity index (χ2n) is 5.13. The standard InChI is InChI=1S/C14H21NO8/c1-7(16)15-11-5-21-12(6-20-8(2)17)14(23-10(4)19)13(11)22-9(3)18/h11-14H,5-6H2,1-4H3,(H,15,16)/t11-,12+,13+,14?/m0/s1. The van der Waals surface area contributed by atoms with Crippen molar-refractivity contribution in [1.29, 1.82) is 0 Å². The lowest BCUT2D eigenvalue weighted by molar-refractivity contribution is -0.207. The smallest absolute Gasteiger partial charge is 0.303 e. The lowest BCUT2D eigenvalue weighted by Gasteiger charge is -2.41. The Morgan fingerprint density at radius 2 is 1.52 bits per heavy atom. The molecule has 1 aliphatic heterocycles. The molecule has 0 saturated carbocycles. The zero-order valence-corrected chi connectivity index (χ0v) is 13.5. The summed E-state index contributed by atoms with van der Waals surface area (Å²) >= 11 is 0. The summed E-state index contributed by atoms with van der Waals surface area (Å²) in [4.78, 5) is 44.9. The molecular formula is C14H21NO8. The molecule has 9 nitrogen and oxygen atoms in total. The molecule has 1 aliphatic rings. The maximum atomic E-state index is 11.3. The van der Waals surface area contributed by atoms with Crippen molar-refractivity contribution >= 4 is 23.8 Å². The van der Waals surface area contributed by atoms with Crippen LogP contribution in [0.1, 0.15) is 27.7 Å². The van der Waals surface area contributed by atoms with Crippen molar-refractivity contribution in [1.82, 2.24) is 5.32 Å². The fraction of sp³-hybridized carbons (Fsp3) is 0.714.